The van der Waals surface area contributed by atoms with Gasteiger partial charge in [-0.2, -0.15) is 0 Å². The lowest BCUT2D eigenvalue weighted by Gasteiger charge is -2.09. The molecule has 0 aliphatic carbocycles. The van der Waals surface area contributed by atoms with Crippen LogP contribution in [0.2, 0.25) is 0 Å². The summed E-state index contributed by atoms with van der Waals surface area (Å²) < 4.78 is 26.6. The smallest absolute Gasteiger partial charge is 0.343 e. The van der Waals surface area contributed by atoms with Crippen molar-refractivity contribution in [1.82, 2.24) is 0 Å². The molecule has 0 aliphatic rings. The molecule has 0 radical (unpaired) electrons. The zero-order valence-corrected chi connectivity index (χ0v) is 21.0. The fourth-order valence-corrected chi connectivity index (χ4v) is 3.06. The van der Waals surface area contributed by atoms with Gasteiger partial charge in [0.05, 0.1) is 32.0 Å². The lowest BCUT2D eigenvalue weighted by Crippen LogP contribution is -2.08. The predicted octanol–water partition coefficient (Wildman–Crippen LogP) is 5.46. The van der Waals surface area contributed by atoms with Crippen LogP contribution < -0.4 is 14.2 Å². The van der Waals surface area contributed by atoms with Crippen LogP contribution in [0.3, 0.4) is 0 Å². The quantitative estimate of drug-likeness (QED) is 0.113. The largest absolute Gasteiger partial charge is 0.494 e. The van der Waals surface area contributed by atoms with E-state index in [1.807, 2.05) is 0 Å². The molecule has 0 unspecified atom stereocenters. The van der Waals surface area contributed by atoms with E-state index in [4.69, 9.17) is 23.7 Å². The van der Waals surface area contributed by atoms with Crippen molar-refractivity contribution < 1.29 is 38.1 Å². The topological polar surface area (TPSA) is 97.4 Å². The summed E-state index contributed by atoms with van der Waals surface area (Å²) in [5.41, 5.74) is 0.412. The first-order valence-electron chi connectivity index (χ1n) is 12.3. The minimum Gasteiger partial charge on any atom is -0.494 e. The Labute approximate surface area is 217 Å². The van der Waals surface area contributed by atoms with Crippen molar-refractivity contribution in [3.05, 3.63) is 79.4 Å². The molecule has 2 aromatic carbocycles. The molecule has 0 N–H and O–H groups in total. The second-order valence-corrected chi connectivity index (χ2v) is 7.95. The number of benzene rings is 2. The number of carbonyl (C=O) groups excluding carboxylic acids is 3. The zero-order chi connectivity index (χ0) is 26.7. The van der Waals surface area contributed by atoms with Gasteiger partial charge in [0.25, 0.3) is 0 Å². The number of hydrogen-bond donors (Lipinski definition) is 0. The zero-order valence-electron chi connectivity index (χ0n) is 21.0. The summed E-state index contributed by atoms with van der Waals surface area (Å²) >= 11 is 0. The van der Waals surface area contributed by atoms with Crippen LogP contribution >= 0.6 is 0 Å². The van der Waals surface area contributed by atoms with Crippen LogP contribution in [-0.4, -0.2) is 44.3 Å². The summed E-state index contributed by atoms with van der Waals surface area (Å²) in [4.78, 5) is 34.3. The van der Waals surface area contributed by atoms with Crippen molar-refractivity contribution >= 4 is 17.9 Å². The van der Waals surface area contributed by atoms with Crippen LogP contribution in [0.5, 0.6) is 17.2 Å². The molecular weight excluding hydrogens is 476 g/mol. The molecule has 37 heavy (non-hydrogen) atoms. The Hall–Kier alpha value is -4.07. The number of hydrogen-bond acceptors (Lipinski definition) is 8. The van der Waals surface area contributed by atoms with Gasteiger partial charge in [-0.3, -0.25) is 0 Å². The fourth-order valence-electron chi connectivity index (χ4n) is 3.06. The maximum atomic E-state index is 12.4. The monoisotopic (exact) mass is 510 g/mol. The lowest BCUT2D eigenvalue weighted by atomic mass is 10.2. The first kappa shape index (κ1) is 29.2. The molecule has 2 rings (SSSR count). The minimum atomic E-state index is -0.466. The lowest BCUT2D eigenvalue weighted by molar-refractivity contribution is -0.138. The number of rotatable bonds is 18. The van der Waals surface area contributed by atoms with Crippen molar-refractivity contribution in [2.75, 3.05) is 26.4 Å². The number of carbonyl (C=O) groups is 3. The third-order valence-corrected chi connectivity index (χ3v) is 5.06. The molecule has 0 amide bonds. The maximum absolute atomic E-state index is 12.4. The molecule has 0 aliphatic heterocycles. The minimum absolute atomic E-state index is 0.370. The van der Waals surface area contributed by atoms with Gasteiger partial charge in [-0.05, 0) is 87.1 Å². The van der Waals surface area contributed by atoms with Gasteiger partial charge in [-0.1, -0.05) is 13.2 Å². The van der Waals surface area contributed by atoms with Crippen molar-refractivity contribution in [1.29, 1.82) is 0 Å². The Morgan fingerprint density at radius 1 is 0.568 bits per heavy atom. The van der Waals surface area contributed by atoms with Crippen LogP contribution in [-0.2, 0) is 19.1 Å². The molecule has 0 aromatic heterocycles. The van der Waals surface area contributed by atoms with Gasteiger partial charge in [0.1, 0.15) is 17.2 Å². The number of esters is 3. The maximum Gasteiger partial charge on any atom is 0.343 e. The summed E-state index contributed by atoms with van der Waals surface area (Å²) in [5, 5.41) is 0. The van der Waals surface area contributed by atoms with Gasteiger partial charge >= 0.3 is 17.9 Å². The molecule has 0 fully saturated rings. The van der Waals surface area contributed by atoms with E-state index in [1.54, 1.807) is 48.5 Å². The fraction of sp³-hybridized carbons (Fsp3) is 0.345. The third-order valence-electron chi connectivity index (χ3n) is 5.06. The Balaban J connectivity index is 1.62. The highest BCUT2D eigenvalue weighted by Gasteiger charge is 2.09. The molecule has 0 bridgehead atoms. The van der Waals surface area contributed by atoms with E-state index in [0.717, 1.165) is 50.7 Å². The van der Waals surface area contributed by atoms with Crippen LogP contribution in [0.15, 0.2) is 73.8 Å². The van der Waals surface area contributed by atoms with E-state index in [-0.39, 0.29) is 0 Å². The molecule has 0 atom stereocenters. The molecule has 8 nitrogen and oxygen atoms in total. The van der Waals surface area contributed by atoms with Gasteiger partial charge in [0.2, 0.25) is 0 Å². The predicted molar refractivity (Wildman–Crippen MR) is 139 cm³/mol. The van der Waals surface area contributed by atoms with Crippen LogP contribution in [0.4, 0.5) is 0 Å². The van der Waals surface area contributed by atoms with Crippen molar-refractivity contribution in [2.45, 2.75) is 38.5 Å². The number of ether oxygens (including phenoxy) is 5. The first-order chi connectivity index (χ1) is 18.0. The summed E-state index contributed by atoms with van der Waals surface area (Å²) in [5.74, 6) is 0.470. The van der Waals surface area contributed by atoms with Crippen LogP contribution in [0.25, 0.3) is 0 Å². The third kappa shape index (κ3) is 12.5. The van der Waals surface area contributed by atoms with E-state index >= 15 is 0 Å². The summed E-state index contributed by atoms with van der Waals surface area (Å²) in [6, 6.07) is 13.6. The second-order valence-electron chi connectivity index (χ2n) is 7.95. The Kier molecular flexibility index (Phi) is 13.7. The molecule has 2 aromatic rings. The molecule has 0 saturated carbocycles. The standard InChI is InChI=1S/C29H34O8/c1-3-27(30)35-21-9-5-7-19-33-24-13-11-23(12-14-24)29(32)37-26-17-15-25(16-18-26)34-20-8-6-10-22-36-28(31)4-2/h3-4,11-18H,1-2,5-10,19-22H2. The van der Waals surface area contributed by atoms with E-state index in [0.29, 0.717) is 49.2 Å². The van der Waals surface area contributed by atoms with Crippen molar-refractivity contribution in [2.24, 2.45) is 0 Å². The highest BCUT2D eigenvalue weighted by molar-refractivity contribution is 5.91. The Morgan fingerprint density at radius 2 is 0.973 bits per heavy atom. The van der Waals surface area contributed by atoms with Gasteiger partial charge in [0.15, 0.2) is 0 Å². The average molecular weight is 511 g/mol. The van der Waals surface area contributed by atoms with Gasteiger partial charge in [-0.15, -0.1) is 0 Å². The Morgan fingerprint density at radius 3 is 1.43 bits per heavy atom. The number of unbranched alkanes of at least 4 members (excludes halogenated alkanes) is 4. The van der Waals surface area contributed by atoms with E-state index in [2.05, 4.69) is 13.2 Å². The highest BCUT2D eigenvalue weighted by atomic mass is 16.5. The Bertz CT molecular complexity index is 996. The van der Waals surface area contributed by atoms with Gasteiger partial charge < -0.3 is 23.7 Å². The average Bonchev–Trinajstić information content (AvgIpc) is 2.92. The summed E-state index contributed by atoms with van der Waals surface area (Å²) in [7, 11) is 0. The van der Waals surface area contributed by atoms with E-state index in [9.17, 15) is 14.4 Å². The van der Waals surface area contributed by atoms with Crippen molar-refractivity contribution in [3.63, 3.8) is 0 Å². The van der Waals surface area contributed by atoms with Crippen LogP contribution in [0, 0.1) is 0 Å². The van der Waals surface area contributed by atoms with Crippen molar-refractivity contribution in [3.8, 4) is 17.2 Å². The van der Waals surface area contributed by atoms with E-state index < -0.39 is 17.9 Å². The second kappa shape index (κ2) is 17.4. The normalized spacial score (nSPS) is 10.2. The SMILES string of the molecule is C=CC(=O)OCCCCCOc1ccc(OC(=O)c2ccc(OCCCCCOC(=O)C=C)cc2)cc1. The van der Waals surface area contributed by atoms with E-state index in [1.165, 1.54) is 0 Å². The summed E-state index contributed by atoms with van der Waals surface area (Å²) in [6.07, 6.45) is 7.22. The molecule has 0 heterocycles. The first-order valence-corrected chi connectivity index (χ1v) is 12.3. The molecule has 198 valence electrons. The highest BCUT2D eigenvalue weighted by Crippen LogP contribution is 2.20. The summed E-state index contributed by atoms with van der Waals surface area (Å²) in [6.45, 7) is 8.50. The van der Waals surface area contributed by atoms with Crippen LogP contribution in [0.1, 0.15) is 48.9 Å². The molecular formula is C29H34O8. The molecule has 0 spiro atoms. The molecule has 0 saturated heterocycles. The van der Waals surface area contributed by atoms with Gasteiger partial charge in [0, 0.05) is 12.2 Å². The molecule has 8 heteroatoms. The van der Waals surface area contributed by atoms with Gasteiger partial charge in [-0.25, -0.2) is 14.4 Å².